The van der Waals surface area contributed by atoms with E-state index in [1.165, 1.54) is 24.3 Å². The van der Waals surface area contributed by atoms with E-state index in [0.29, 0.717) is 12.2 Å². The summed E-state index contributed by atoms with van der Waals surface area (Å²) in [5, 5.41) is 8.84. The topological polar surface area (TPSA) is 72.8 Å². The van der Waals surface area contributed by atoms with Crippen molar-refractivity contribution in [3.63, 3.8) is 0 Å². The molecular formula is C18H18O5. The first kappa shape index (κ1) is 16.5. The van der Waals surface area contributed by atoms with Gasteiger partial charge >= 0.3 is 11.9 Å². The molecule has 120 valence electrons. The molecule has 0 spiro atoms. The molecule has 0 bridgehead atoms. The second-order valence-electron chi connectivity index (χ2n) is 5.08. The van der Waals surface area contributed by atoms with E-state index < -0.39 is 18.0 Å². The number of carbonyl (C=O) groups excluding carboxylic acids is 1. The molecule has 5 nitrogen and oxygen atoms in total. The molecule has 23 heavy (non-hydrogen) atoms. The van der Waals surface area contributed by atoms with Crippen LogP contribution in [-0.4, -0.2) is 23.1 Å². The van der Waals surface area contributed by atoms with Crippen molar-refractivity contribution in [3.05, 3.63) is 59.7 Å². The first-order valence-electron chi connectivity index (χ1n) is 7.28. The third-order valence-corrected chi connectivity index (χ3v) is 3.22. The lowest BCUT2D eigenvalue weighted by molar-refractivity contribution is -0.142. The van der Waals surface area contributed by atoms with Crippen molar-refractivity contribution in [1.82, 2.24) is 0 Å². The Bertz CT molecular complexity index is 691. The summed E-state index contributed by atoms with van der Waals surface area (Å²) >= 11 is 0. The van der Waals surface area contributed by atoms with Gasteiger partial charge in [0.15, 0.2) is 6.10 Å². The van der Waals surface area contributed by atoms with Gasteiger partial charge in [-0.25, -0.2) is 9.59 Å². The summed E-state index contributed by atoms with van der Waals surface area (Å²) < 4.78 is 10.9. The van der Waals surface area contributed by atoms with Crippen LogP contribution in [0.2, 0.25) is 0 Å². The highest BCUT2D eigenvalue weighted by Gasteiger charge is 2.21. The highest BCUT2D eigenvalue weighted by atomic mass is 16.6. The molecular weight excluding hydrogens is 296 g/mol. The van der Waals surface area contributed by atoms with E-state index in [4.69, 9.17) is 14.6 Å². The number of rotatable bonds is 6. The van der Waals surface area contributed by atoms with Crippen LogP contribution < -0.4 is 9.47 Å². The van der Waals surface area contributed by atoms with Crippen LogP contribution in [0.1, 0.15) is 29.3 Å². The van der Waals surface area contributed by atoms with Gasteiger partial charge in [0.1, 0.15) is 11.5 Å². The van der Waals surface area contributed by atoms with Gasteiger partial charge < -0.3 is 14.6 Å². The minimum absolute atomic E-state index is 0.132. The number of hydrogen-bond acceptors (Lipinski definition) is 4. The lowest BCUT2D eigenvalue weighted by Gasteiger charge is -2.16. The number of carbonyl (C=O) groups is 2. The van der Waals surface area contributed by atoms with Crippen LogP contribution in [0.4, 0.5) is 0 Å². The minimum Gasteiger partial charge on any atom is -0.479 e. The molecule has 0 saturated carbocycles. The maximum absolute atomic E-state index is 12.2. The summed E-state index contributed by atoms with van der Waals surface area (Å²) in [4.78, 5) is 23.0. The molecule has 0 heterocycles. The largest absolute Gasteiger partial charge is 0.479 e. The molecule has 0 aromatic heterocycles. The van der Waals surface area contributed by atoms with E-state index in [1.807, 2.05) is 32.0 Å². The average molecular weight is 314 g/mol. The number of aromatic carboxylic acids is 1. The van der Waals surface area contributed by atoms with E-state index in [0.717, 1.165) is 5.56 Å². The molecule has 2 aromatic carbocycles. The Morgan fingerprint density at radius 3 is 2.35 bits per heavy atom. The zero-order chi connectivity index (χ0) is 16.8. The van der Waals surface area contributed by atoms with Crippen LogP contribution in [-0.2, 0) is 4.79 Å². The molecule has 1 unspecified atom stereocenters. The molecule has 0 aliphatic carbocycles. The Balaban J connectivity index is 2.03. The molecule has 0 amide bonds. The van der Waals surface area contributed by atoms with Crippen molar-refractivity contribution < 1.29 is 24.2 Å². The van der Waals surface area contributed by atoms with Crippen LogP contribution in [0, 0.1) is 6.92 Å². The third kappa shape index (κ3) is 4.57. The SMILES string of the molecule is CCC(Oc1cccc(C)c1)C(=O)Oc1ccc(C(=O)O)cc1. The number of benzene rings is 2. The number of hydrogen-bond donors (Lipinski definition) is 1. The zero-order valence-corrected chi connectivity index (χ0v) is 13.0. The Morgan fingerprint density at radius 2 is 1.78 bits per heavy atom. The number of ether oxygens (including phenoxy) is 2. The predicted molar refractivity (Wildman–Crippen MR) is 84.9 cm³/mol. The Morgan fingerprint density at radius 1 is 1.09 bits per heavy atom. The lowest BCUT2D eigenvalue weighted by atomic mass is 10.2. The van der Waals surface area contributed by atoms with Gasteiger partial charge in [0.05, 0.1) is 5.56 Å². The standard InChI is InChI=1S/C18H18O5/c1-3-16(22-15-6-4-5-12(2)11-15)18(21)23-14-9-7-13(8-10-14)17(19)20/h4-11,16H,3H2,1-2H3,(H,19,20). The summed E-state index contributed by atoms with van der Waals surface area (Å²) in [5.41, 5.74) is 1.17. The number of aryl methyl sites for hydroxylation is 1. The fourth-order valence-corrected chi connectivity index (χ4v) is 2.00. The molecule has 0 aliphatic rings. The van der Waals surface area contributed by atoms with Gasteiger partial charge in [-0.3, -0.25) is 0 Å². The van der Waals surface area contributed by atoms with Gasteiger partial charge in [0, 0.05) is 0 Å². The number of esters is 1. The number of carboxylic acid groups (broad SMARTS) is 1. The quantitative estimate of drug-likeness (QED) is 0.653. The normalized spacial score (nSPS) is 11.6. The van der Waals surface area contributed by atoms with Gasteiger partial charge in [-0.1, -0.05) is 19.1 Å². The maximum Gasteiger partial charge on any atom is 0.352 e. The molecule has 1 N–H and O–H groups in total. The fourth-order valence-electron chi connectivity index (χ4n) is 2.00. The monoisotopic (exact) mass is 314 g/mol. The minimum atomic E-state index is -1.03. The van der Waals surface area contributed by atoms with Gasteiger partial charge in [0.2, 0.25) is 0 Å². The van der Waals surface area contributed by atoms with E-state index in [-0.39, 0.29) is 11.3 Å². The molecule has 1 atom stereocenters. The first-order valence-corrected chi connectivity index (χ1v) is 7.28. The number of carboxylic acids is 1. The Labute approximate surface area is 134 Å². The molecule has 2 aromatic rings. The highest BCUT2D eigenvalue weighted by molar-refractivity contribution is 5.87. The van der Waals surface area contributed by atoms with Crippen molar-refractivity contribution in [2.24, 2.45) is 0 Å². The van der Waals surface area contributed by atoms with E-state index in [9.17, 15) is 9.59 Å². The maximum atomic E-state index is 12.2. The summed E-state index contributed by atoms with van der Waals surface area (Å²) in [7, 11) is 0. The van der Waals surface area contributed by atoms with Gasteiger partial charge in [-0.15, -0.1) is 0 Å². The van der Waals surface area contributed by atoms with E-state index >= 15 is 0 Å². The van der Waals surface area contributed by atoms with Crippen molar-refractivity contribution in [2.45, 2.75) is 26.4 Å². The predicted octanol–water partition coefficient (Wildman–Crippen LogP) is 3.46. The summed E-state index contributed by atoms with van der Waals surface area (Å²) in [5.74, 6) is -0.657. The second kappa shape index (κ2) is 7.45. The summed E-state index contributed by atoms with van der Waals surface area (Å²) in [6.45, 7) is 3.77. The van der Waals surface area contributed by atoms with Crippen LogP contribution in [0.25, 0.3) is 0 Å². The first-order chi connectivity index (χ1) is 11.0. The molecule has 0 saturated heterocycles. The summed E-state index contributed by atoms with van der Waals surface area (Å²) in [6, 6.07) is 13.1. The van der Waals surface area contributed by atoms with E-state index in [1.54, 1.807) is 6.07 Å². The van der Waals surface area contributed by atoms with E-state index in [2.05, 4.69) is 0 Å². The van der Waals surface area contributed by atoms with Crippen molar-refractivity contribution in [3.8, 4) is 11.5 Å². The highest BCUT2D eigenvalue weighted by Crippen LogP contribution is 2.18. The third-order valence-electron chi connectivity index (χ3n) is 3.22. The van der Waals surface area contributed by atoms with Gasteiger partial charge in [0.25, 0.3) is 0 Å². The molecule has 0 aliphatic heterocycles. The Hall–Kier alpha value is -2.82. The van der Waals surface area contributed by atoms with Gasteiger partial charge in [-0.2, -0.15) is 0 Å². The van der Waals surface area contributed by atoms with Crippen molar-refractivity contribution in [2.75, 3.05) is 0 Å². The molecule has 5 heteroatoms. The molecule has 0 fully saturated rings. The smallest absolute Gasteiger partial charge is 0.352 e. The van der Waals surface area contributed by atoms with Crippen LogP contribution in [0.3, 0.4) is 0 Å². The fraction of sp³-hybridized carbons (Fsp3) is 0.222. The van der Waals surface area contributed by atoms with Crippen LogP contribution in [0.5, 0.6) is 11.5 Å². The molecule has 0 radical (unpaired) electrons. The van der Waals surface area contributed by atoms with Crippen LogP contribution in [0.15, 0.2) is 48.5 Å². The van der Waals surface area contributed by atoms with Crippen molar-refractivity contribution >= 4 is 11.9 Å². The van der Waals surface area contributed by atoms with Crippen LogP contribution >= 0.6 is 0 Å². The second-order valence-corrected chi connectivity index (χ2v) is 5.08. The van der Waals surface area contributed by atoms with Gasteiger partial charge in [-0.05, 0) is 55.3 Å². The van der Waals surface area contributed by atoms with Crippen molar-refractivity contribution in [1.29, 1.82) is 0 Å². The average Bonchev–Trinajstić information content (AvgIpc) is 2.53. The Kier molecular flexibility index (Phi) is 5.36. The molecule has 2 rings (SSSR count). The zero-order valence-electron chi connectivity index (χ0n) is 13.0. The summed E-state index contributed by atoms with van der Waals surface area (Å²) in [6.07, 6.45) is -0.268. The lowest BCUT2D eigenvalue weighted by Crippen LogP contribution is -2.30.